The molecule has 11 nitrogen and oxygen atoms in total. The second kappa shape index (κ2) is 21.3. The fourth-order valence-corrected chi connectivity index (χ4v) is 4.60. The lowest BCUT2D eigenvalue weighted by molar-refractivity contribution is -0.141. The highest BCUT2D eigenvalue weighted by molar-refractivity contribution is 5.92. The number of benzene rings is 2. The number of carbonyl (C=O) groups is 1. The molecule has 3 N–H and O–H groups in total. The second-order valence-corrected chi connectivity index (χ2v) is 10.9. The maximum absolute atomic E-state index is 12.4. The number of rotatable bonds is 13. The molecule has 4 aromatic rings. The Balaban J connectivity index is 0.000000310. The fourth-order valence-electron chi connectivity index (χ4n) is 4.60. The van der Waals surface area contributed by atoms with Gasteiger partial charge in [-0.05, 0) is 92.7 Å². The molecule has 1 unspecified atom stereocenters. The van der Waals surface area contributed by atoms with Crippen LogP contribution in [0.1, 0.15) is 60.4 Å². The van der Waals surface area contributed by atoms with Crippen LogP contribution in [0.2, 0.25) is 0 Å². The number of hydrogen-bond acceptors (Lipinski definition) is 10. The normalized spacial score (nSPS) is 13.8. The van der Waals surface area contributed by atoms with E-state index in [0.717, 1.165) is 48.1 Å². The average molecular weight is 714 g/mol. The molecule has 14 heteroatoms. The van der Waals surface area contributed by atoms with Crippen molar-refractivity contribution in [2.75, 3.05) is 40.0 Å². The molecule has 5 rings (SSSR count). The van der Waals surface area contributed by atoms with Crippen LogP contribution < -0.4 is 30.0 Å². The molecule has 276 valence electrons. The first kappa shape index (κ1) is 40.5. The Morgan fingerprint density at radius 3 is 2.39 bits per heavy atom. The summed E-state index contributed by atoms with van der Waals surface area (Å²) in [6, 6.07) is 20.3. The van der Waals surface area contributed by atoms with E-state index in [-0.39, 0.29) is 23.6 Å². The van der Waals surface area contributed by atoms with Gasteiger partial charge in [0.1, 0.15) is 29.0 Å². The third kappa shape index (κ3) is 14.1. The topological polar surface area (TPSA) is 140 Å². The standard InChI is InChI=1S/C24H28N4O4.C11H12F3NO2.C2H6/c1-17-16-18(12-13-25)4-10-22(17)32-20-7-5-19(6-8-20)31-15-3-14-26-24(29)21-9-11-23(30-2)28-27-21;12-11(13,14)9-4-1-5-10(15-9)17-8-3-2-6-16-7-8;1-2/h4-11,16H,3,12-15,25H2,1-2H3,(H,26,29);1,4-5,8H,2-3,6-7H2;1-2H3. The van der Waals surface area contributed by atoms with Crippen LogP contribution >= 0.6 is 0 Å². The number of nitrogens with two attached hydrogens (primary N) is 1. The molecule has 0 spiro atoms. The van der Waals surface area contributed by atoms with Gasteiger partial charge in [-0.3, -0.25) is 4.79 Å². The number of alkyl halides is 3. The lowest BCUT2D eigenvalue weighted by atomic mass is 10.1. The first-order chi connectivity index (χ1) is 24.6. The highest BCUT2D eigenvalue weighted by atomic mass is 19.4. The monoisotopic (exact) mass is 713 g/mol. The van der Waals surface area contributed by atoms with Gasteiger partial charge >= 0.3 is 6.18 Å². The molecule has 0 saturated carbocycles. The molecule has 1 atom stereocenters. The third-order valence-electron chi connectivity index (χ3n) is 7.10. The number of halogens is 3. The molecule has 0 aliphatic carbocycles. The molecule has 51 heavy (non-hydrogen) atoms. The first-order valence-electron chi connectivity index (χ1n) is 16.8. The zero-order valence-electron chi connectivity index (χ0n) is 29.4. The molecule has 1 fully saturated rings. The van der Waals surface area contributed by atoms with Crippen molar-refractivity contribution in [1.82, 2.24) is 20.5 Å². The molecule has 0 bridgehead atoms. The van der Waals surface area contributed by atoms with E-state index in [9.17, 15) is 18.0 Å². The van der Waals surface area contributed by atoms with Gasteiger partial charge in [0.25, 0.3) is 5.91 Å². The largest absolute Gasteiger partial charge is 0.494 e. The summed E-state index contributed by atoms with van der Waals surface area (Å²) in [5.41, 5.74) is 7.19. The Morgan fingerprint density at radius 2 is 1.76 bits per heavy atom. The molecule has 3 heterocycles. The number of aryl methyl sites for hydroxylation is 1. The quantitative estimate of drug-likeness (QED) is 0.140. The number of nitrogens with one attached hydrogen (secondary N) is 1. The minimum absolute atomic E-state index is 0.00433. The Bertz CT molecular complexity index is 1600. The van der Waals surface area contributed by atoms with Crippen LogP contribution in [0.15, 0.2) is 72.8 Å². The Labute approximate surface area is 296 Å². The van der Waals surface area contributed by atoms with Gasteiger partial charge in [0.15, 0.2) is 5.69 Å². The minimum atomic E-state index is -4.44. The van der Waals surface area contributed by atoms with Gasteiger partial charge in [-0.1, -0.05) is 32.0 Å². The van der Waals surface area contributed by atoms with E-state index in [2.05, 4.69) is 26.6 Å². The average Bonchev–Trinajstić information content (AvgIpc) is 3.14. The summed E-state index contributed by atoms with van der Waals surface area (Å²) < 4.78 is 64.4. The van der Waals surface area contributed by atoms with E-state index in [1.165, 1.54) is 24.8 Å². The number of carbonyl (C=O) groups excluding carboxylic acids is 1. The van der Waals surface area contributed by atoms with Crippen LogP contribution in [0, 0.1) is 6.92 Å². The Kier molecular flexibility index (Phi) is 16.9. The molecular formula is C37H46F3N5O6. The van der Waals surface area contributed by atoms with Crippen molar-refractivity contribution in [3.8, 4) is 29.0 Å². The molecule has 2 aromatic carbocycles. The predicted octanol–water partition coefficient (Wildman–Crippen LogP) is 6.97. The van der Waals surface area contributed by atoms with Gasteiger partial charge < -0.3 is 34.7 Å². The molecular weight excluding hydrogens is 667 g/mol. The van der Waals surface area contributed by atoms with E-state index >= 15 is 0 Å². The fraction of sp³-hybridized carbons (Fsp3) is 0.405. The summed E-state index contributed by atoms with van der Waals surface area (Å²) in [6.07, 6.45) is -1.52. The third-order valence-corrected chi connectivity index (χ3v) is 7.10. The summed E-state index contributed by atoms with van der Waals surface area (Å²) in [4.78, 5) is 15.5. The summed E-state index contributed by atoms with van der Waals surface area (Å²) in [7, 11) is 1.49. The van der Waals surface area contributed by atoms with Crippen molar-refractivity contribution >= 4 is 5.91 Å². The van der Waals surface area contributed by atoms with E-state index in [1.54, 1.807) is 12.1 Å². The minimum Gasteiger partial charge on any atom is -0.494 e. The Morgan fingerprint density at radius 1 is 1.00 bits per heavy atom. The number of aromatic nitrogens is 3. The van der Waals surface area contributed by atoms with Gasteiger partial charge in [0.2, 0.25) is 11.8 Å². The predicted molar refractivity (Wildman–Crippen MR) is 187 cm³/mol. The van der Waals surface area contributed by atoms with Gasteiger partial charge in [0, 0.05) is 25.3 Å². The summed E-state index contributed by atoms with van der Waals surface area (Å²) in [6.45, 7) is 8.66. The van der Waals surface area contributed by atoms with E-state index in [4.69, 9.17) is 29.4 Å². The molecule has 0 radical (unpaired) electrons. The zero-order valence-corrected chi connectivity index (χ0v) is 29.4. The van der Waals surface area contributed by atoms with Crippen molar-refractivity contribution in [3.05, 3.63) is 95.3 Å². The van der Waals surface area contributed by atoms with Crippen LogP contribution in [0.4, 0.5) is 13.2 Å². The molecule has 2 aromatic heterocycles. The van der Waals surface area contributed by atoms with Gasteiger partial charge in [-0.2, -0.15) is 13.2 Å². The highest BCUT2D eigenvalue weighted by Gasteiger charge is 2.33. The molecule has 1 saturated heterocycles. The van der Waals surface area contributed by atoms with Gasteiger partial charge in [0.05, 0.1) is 20.3 Å². The van der Waals surface area contributed by atoms with Crippen LogP contribution in [0.5, 0.6) is 29.0 Å². The second-order valence-electron chi connectivity index (χ2n) is 10.9. The van der Waals surface area contributed by atoms with E-state index in [1.807, 2.05) is 57.2 Å². The summed E-state index contributed by atoms with van der Waals surface area (Å²) in [5, 5.41) is 10.4. The van der Waals surface area contributed by atoms with Crippen LogP contribution in [-0.2, 0) is 17.3 Å². The number of ether oxygens (including phenoxy) is 5. The van der Waals surface area contributed by atoms with Crippen molar-refractivity contribution < 1.29 is 41.7 Å². The maximum atomic E-state index is 12.4. The maximum Gasteiger partial charge on any atom is 0.433 e. The van der Waals surface area contributed by atoms with Crippen molar-refractivity contribution in [2.45, 2.75) is 58.7 Å². The van der Waals surface area contributed by atoms with Crippen molar-refractivity contribution in [1.29, 1.82) is 0 Å². The van der Waals surface area contributed by atoms with Crippen LogP contribution in [-0.4, -0.2) is 67.2 Å². The van der Waals surface area contributed by atoms with E-state index < -0.39 is 11.9 Å². The number of nitrogens with zero attached hydrogens (tertiary/aromatic N) is 3. The van der Waals surface area contributed by atoms with E-state index in [0.29, 0.717) is 45.2 Å². The Hall–Kier alpha value is -4.95. The SMILES string of the molecule is CC.COc1ccc(C(=O)NCCCOc2ccc(Oc3ccc(CCN)cc3C)cc2)nn1.FC(F)(F)c1cccc(OC2CCCOC2)n1. The lowest BCUT2D eigenvalue weighted by Crippen LogP contribution is -2.28. The lowest BCUT2D eigenvalue weighted by Gasteiger charge is -2.22. The summed E-state index contributed by atoms with van der Waals surface area (Å²) in [5.74, 6) is 2.36. The molecule has 1 amide bonds. The molecule has 1 aliphatic heterocycles. The summed E-state index contributed by atoms with van der Waals surface area (Å²) >= 11 is 0. The number of hydrogen-bond donors (Lipinski definition) is 2. The molecule has 1 aliphatic rings. The highest BCUT2D eigenvalue weighted by Crippen LogP contribution is 2.29. The van der Waals surface area contributed by atoms with Gasteiger partial charge in [-0.15, -0.1) is 10.2 Å². The number of pyridine rings is 1. The van der Waals surface area contributed by atoms with Crippen LogP contribution in [0.25, 0.3) is 0 Å². The van der Waals surface area contributed by atoms with Gasteiger partial charge in [-0.25, -0.2) is 4.98 Å². The number of amides is 1. The first-order valence-corrected chi connectivity index (χ1v) is 16.8. The van der Waals surface area contributed by atoms with Crippen molar-refractivity contribution in [3.63, 3.8) is 0 Å². The smallest absolute Gasteiger partial charge is 0.433 e. The van der Waals surface area contributed by atoms with Crippen LogP contribution in [0.3, 0.4) is 0 Å². The number of methoxy groups -OCH3 is 1. The zero-order chi connectivity index (χ0) is 37.1. The van der Waals surface area contributed by atoms with Crippen molar-refractivity contribution in [2.24, 2.45) is 5.73 Å².